The van der Waals surface area contributed by atoms with Crippen molar-refractivity contribution in [3.05, 3.63) is 35.4 Å². The van der Waals surface area contributed by atoms with Crippen LogP contribution >= 0.6 is 0 Å². The maximum absolute atomic E-state index is 13.4. The van der Waals surface area contributed by atoms with Gasteiger partial charge in [-0.2, -0.15) is 0 Å². The molecule has 2 N–H and O–H groups in total. The second kappa shape index (κ2) is 6.81. The van der Waals surface area contributed by atoms with Crippen LogP contribution in [0.2, 0.25) is 0 Å². The molecule has 0 saturated carbocycles. The fourth-order valence-electron chi connectivity index (χ4n) is 2.13. The molecule has 0 spiro atoms. The van der Waals surface area contributed by atoms with Gasteiger partial charge in [-0.3, -0.25) is 0 Å². The van der Waals surface area contributed by atoms with E-state index in [0.29, 0.717) is 0 Å². The average molecular weight is 258 g/mol. The van der Waals surface area contributed by atoms with E-state index in [1.54, 1.807) is 0 Å². The number of benzene rings is 1. The molecule has 0 saturated heterocycles. The molecule has 4 heteroatoms. The molecule has 2 nitrogen and oxygen atoms in total. The monoisotopic (exact) mass is 258 g/mol. The van der Waals surface area contributed by atoms with Crippen LogP contribution in [0.4, 0.5) is 8.78 Å². The van der Waals surface area contributed by atoms with Gasteiger partial charge >= 0.3 is 0 Å². The van der Waals surface area contributed by atoms with Gasteiger partial charge in [-0.1, -0.05) is 26.7 Å². The predicted octanol–water partition coefficient (Wildman–Crippen LogP) is 2.67. The number of hydrogen-bond acceptors (Lipinski definition) is 2. The lowest BCUT2D eigenvalue weighted by molar-refractivity contribution is -0.0191. The topological polar surface area (TPSA) is 40.5 Å². The summed E-state index contributed by atoms with van der Waals surface area (Å²) in [5.41, 5.74) is 0.0903. The molecule has 2 atom stereocenters. The predicted molar refractivity (Wildman–Crippen MR) is 66.1 cm³/mol. The smallest absolute Gasteiger partial charge is 0.126 e. The summed E-state index contributed by atoms with van der Waals surface area (Å²) >= 11 is 0. The van der Waals surface area contributed by atoms with E-state index >= 15 is 0 Å². The summed E-state index contributed by atoms with van der Waals surface area (Å²) < 4.78 is 26.4. The summed E-state index contributed by atoms with van der Waals surface area (Å²) in [4.78, 5) is 0. The number of aliphatic hydroxyl groups is 2. The van der Waals surface area contributed by atoms with E-state index in [9.17, 15) is 19.0 Å². The van der Waals surface area contributed by atoms with E-state index in [2.05, 4.69) is 0 Å². The molecule has 0 heterocycles. The molecule has 102 valence electrons. The summed E-state index contributed by atoms with van der Waals surface area (Å²) in [7, 11) is 0. The quantitative estimate of drug-likeness (QED) is 0.823. The fraction of sp³-hybridized carbons (Fsp3) is 0.571. The molecule has 1 rings (SSSR count). The lowest BCUT2D eigenvalue weighted by atomic mass is 9.90. The largest absolute Gasteiger partial charge is 0.390 e. The van der Waals surface area contributed by atoms with Crippen LogP contribution in [0.1, 0.15) is 32.3 Å². The lowest BCUT2D eigenvalue weighted by Gasteiger charge is -2.25. The number of hydrogen-bond donors (Lipinski definition) is 2. The van der Waals surface area contributed by atoms with E-state index in [1.165, 1.54) is 0 Å². The van der Waals surface area contributed by atoms with Gasteiger partial charge in [-0.05, 0) is 29.7 Å². The Hall–Kier alpha value is -1.00. The normalized spacial score (nSPS) is 14.8. The number of aliphatic hydroxyl groups excluding tert-OH is 2. The molecule has 0 radical (unpaired) electrons. The van der Waals surface area contributed by atoms with Gasteiger partial charge in [0, 0.05) is 6.42 Å². The zero-order valence-electron chi connectivity index (χ0n) is 10.7. The molecule has 0 fully saturated rings. The Labute approximate surface area is 106 Å². The highest BCUT2D eigenvalue weighted by molar-refractivity contribution is 5.19. The van der Waals surface area contributed by atoms with E-state index in [-0.39, 0.29) is 17.9 Å². The van der Waals surface area contributed by atoms with Crippen molar-refractivity contribution in [2.75, 3.05) is 0 Å². The summed E-state index contributed by atoms with van der Waals surface area (Å²) in [5, 5.41) is 19.8. The molecule has 0 aliphatic rings. The maximum atomic E-state index is 13.4. The fourth-order valence-corrected chi connectivity index (χ4v) is 2.13. The first-order valence-corrected chi connectivity index (χ1v) is 6.29. The van der Waals surface area contributed by atoms with Crippen LogP contribution in [0.15, 0.2) is 18.2 Å². The summed E-state index contributed by atoms with van der Waals surface area (Å²) in [6.45, 7) is 3.85. The zero-order chi connectivity index (χ0) is 13.7. The van der Waals surface area contributed by atoms with Gasteiger partial charge in [-0.15, -0.1) is 0 Å². The SMILES string of the molecule is CCC(CC)C(O)C(O)Cc1cc(F)ccc1F. The lowest BCUT2D eigenvalue weighted by Crippen LogP contribution is -2.34. The summed E-state index contributed by atoms with van der Waals surface area (Å²) in [6.07, 6.45) is -0.601. The highest BCUT2D eigenvalue weighted by atomic mass is 19.1. The third kappa shape index (κ3) is 3.75. The molecule has 0 amide bonds. The first-order valence-electron chi connectivity index (χ1n) is 6.29. The Balaban J connectivity index is 2.74. The first kappa shape index (κ1) is 15.1. The molecular weight excluding hydrogens is 238 g/mol. The van der Waals surface area contributed by atoms with Gasteiger partial charge in [0.05, 0.1) is 12.2 Å². The van der Waals surface area contributed by atoms with E-state index in [0.717, 1.165) is 31.0 Å². The first-order chi connectivity index (χ1) is 8.49. The standard InChI is InChI=1S/C14H20F2O2/c1-3-9(4-2)14(18)13(17)8-10-7-11(15)5-6-12(10)16/h5-7,9,13-14,17-18H,3-4,8H2,1-2H3. The number of halogens is 2. The van der Waals surface area contributed by atoms with Crippen molar-refractivity contribution in [1.82, 2.24) is 0 Å². The second-order valence-electron chi connectivity index (χ2n) is 4.57. The molecule has 18 heavy (non-hydrogen) atoms. The Morgan fingerprint density at radius 2 is 1.72 bits per heavy atom. The third-order valence-corrected chi connectivity index (χ3v) is 3.36. The Kier molecular flexibility index (Phi) is 5.69. The van der Waals surface area contributed by atoms with Gasteiger partial charge < -0.3 is 10.2 Å². The van der Waals surface area contributed by atoms with Gasteiger partial charge in [0.15, 0.2) is 0 Å². The molecule has 0 bridgehead atoms. The van der Waals surface area contributed by atoms with Crippen LogP contribution in [0, 0.1) is 17.6 Å². The van der Waals surface area contributed by atoms with Gasteiger partial charge in [0.1, 0.15) is 11.6 Å². The zero-order valence-corrected chi connectivity index (χ0v) is 10.7. The Morgan fingerprint density at radius 3 is 2.28 bits per heavy atom. The van der Waals surface area contributed by atoms with Crippen molar-refractivity contribution < 1.29 is 19.0 Å². The van der Waals surface area contributed by atoms with Crippen molar-refractivity contribution in [2.24, 2.45) is 5.92 Å². The molecule has 1 aromatic carbocycles. The van der Waals surface area contributed by atoms with Crippen molar-refractivity contribution in [3.63, 3.8) is 0 Å². The maximum Gasteiger partial charge on any atom is 0.126 e. The van der Waals surface area contributed by atoms with Gasteiger partial charge in [0.2, 0.25) is 0 Å². The van der Waals surface area contributed by atoms with Crippen LogP contribution in [0.3, 0.4) is 0 Å². The average Bonchev–Trinajstić information content (AvgIpc) is 2.35. The van der Waals surface area contributed by atoms with Crippen molar-refractivity contribution in [2.45, 2.75) is 45.3 Å². The van der Waals surface area contributed by atoms with Gasteiger partial charge in [-0.25, -0.2) is 8.78 Å². The van der Waals surface area contributed by atoms with E-state index in [1.807, 2.05) is 13.8 Å². The van der Waals surface area contributed by atoms with Crippen LogP contribution < -0.4 is 0 Å². The van der Waals surface area contributed by atoms with E-state index < -0.39 is 23.8 Å². The minimum atomic E-state index is -1.08. The van der Waals surface area contributed by atoms with Crippen LogP contribution in [-0.4, -0.2) is 22.4 Å². The highest BCUT2D eigenvalue weighted by Crippen LogP contribution is 2.20. The van der Waals surface area contributed by atoms with Crippen LogP contribution in [-0.2, 0) is 6.42 Å². The minimum absolute atomic E-state index is 0.0309. The van der Waals surface area contributed by atoms with Crippen LogP contribution in [0.5, 0.6) is 0 Å². The number of rotatable bonds is 6. The Morgan fingerprint density at radius 1 is 1.11 bits per heavy atom. The summed E-state index contributed by atoms with van der Waals surface area (Å²) in [6, 6.07) is 3.11. The minimum Gasteiger partial charge on any atom is -0.390 e. The third-order valence-electron chi connectivity index (χ3n) is 3.36. The second-order valence-corrected chi connectivity index (χ2v) is 4.57. The van der Waals surface area contributed by atoms with Crippen molar-refractivity contribution >= 4 is 0 Å². The Bertz CT molecular complexity index is 378. The molecule has 0 aliphatic carbocycles. The molecule has 0 aliphatic heterocycles. The summed E-state index contributed by atoms with van der Waals surface area (Å²) in [5.74, 6) is -1.14. The van der Waals surface area contributed by atoms with Crippen molar-refractivity contribution in [1.29, 1.82) is 0 Å². The highest BCUT2D eigenvalue weighted by Gasteiger charge is 2.24. The molecule has 0 aromatic heterocycles. The van der Waals surface area contributed by atoms with E-state index in [4.69, 9.17) is 0 Å². The molecular formula is C14H20F2O2. The van der Waals surface area contributed by atoms with Crippen LogP contribution in [0.25, 0.3) is 0 Å². The molecule has 2 unspecified atom stereocenters. The van der Waals surface area contributed by atoms with Gasteiger partial charge in [0.25, 0.3) is 0 Å². The molecule has 1 aromatic rings. The van der Waals surface area contributed by atoms with Crippen molar-refractivity contribution in [3.8, 4) is 0 Å².